The molecule has 0 spiro atoms. The number of rotatable bonds is 12. The predicted octanol–water partition coefficient (Wildman–Crippen LogP) is 2.73. The highest BCUT2D eigenvalue weighted by molar-refractivity contribution is 7.95. The Kier molecular flexibility index (Phi) is 9.95. The first-order valence-corrected chi connectivity index (χ1v) is 10.1. The highest BCUT2D eigenvalue weighted by Gasteiger charge is 2.39. The van der Waals surface area contributed by atoms with Gasteiger partial charge < -0.3 is 10.1 Å². The average Bonchev–Trinajstić information content (AvgIpc) is 2.83. The smallest absolute Gasteiger partial charge is 0.245 e. The molecule has 9 heteroatoms. The highest BCUT2D eigenvalue weighted by Crippen LogP contribution is 2.26. The summed E-state index contributed by atoms with van der Waals surface area (Å²) in [6.07, 6.45) is 2.82. The fourth-order valence-electron chi connectivity index (χ4n) is 2.63. The van der Waals surface area contributed by atoms with Gasteiger partial charge in [0.15, 0.2) is 0 Å². The van der Waals surface area contributed by atoms with Crippen LogP contribution in [0.2, 0.25) is 0 Å². The van der Waals surface area contributed by atoms with Crippen molar-refractivity contribution in [2.24, 2.45) is 5.92 Å². The van der Waals surface area contributed by atoms with E-state index in [1.54, 1.807) is 0 Å². The van der Waals surface area contributed by atoms with Crippen LogP contribution in [0.3, 0.4) is 0 Å². The van der Waals surface area contributed by atoms with Crippen molar-refractivity contribution in [3.8, 4) is 0 Å². The van der Waals surface area contributed by atoms with E-state index in [1.807, 2.05) is 6.92 Å². The molecule has 1 saturated heterocycles. The second-order valence-corrected chi connectivity index (χ2v) is 8.77. The van der Waals surface area contributed by atoms with Gasteiger partial charge in [-0.25, -0.2) is 0 Å². The molecule has 1 fully saturated rings. The topological polar surface area (TPSA) is 75.7 Å². The molecule has 6 nitrogen and oxygen atoms in total. The van der Waals surface area contributed by atoms with Gasteiger partial charge in [0.25, 0.3) is 0 Å². The summed E-state index contributed by atoms with van der Waals surface area (Å²) in [6.45, 7) is 6.88. The monoisotopic (exact) mass is 408 g/mol. The average molecular weight is 409 g/mol. The van der Waals surface area contributed by atoms with Crippen molar-refractivity contribution in [3.05, 3.63) is 0 Å². The van der Waals surface area contributed by atoms with Crippen LogP contribution in [0.15, 0.2) is 0 Å². The van der Waals surface area contributed by atoms with Crippen LogP contribution >= 0.6 is 24.8 Å². The summed E-state index contributed by atoms with van der Waals surface area (Å²) < 4.78 is 18.2. The Morgan fingerprint density at radius 3 is 2.77 bits per heavy atom. The van der Waals surface area contributed by atoms with Gasteiger partial charge in [0.05, 0.1) is 25.2 Å². The molecule has 2 atom stereocenters. The number of halogens is 1. The second kappa shape index (κ2) is 11.1. The van der Waals surface area contributed by atoms with E-state index in [0.29, 0.717) is 19.1 Å². The zero-order valence-electron chi connectivity index (χ0n) is 15.6. The molecule has 0 aromatic carbocycles. The minimum absolute atomic E-state index is 0.00627. The number of amides is 3. The lowest BCUT2D eigenvalue weighted by molar-refractivity contribution is -0.138. The Morgan fingerprint density at radius 2 is 2.19 bits per heavy atom. The number of carbonyl (C=O) groups is 3. The summed E-state index contributed by atoms with van der Waals surface area (Å²) in [7, 11) is 0. The molecule has 150 valence electrons. The SMILES string of the molecule is CC(C)CCCC(C)(S)OCCNC(=O)CCN1C(=O)CC(SF)C1=O. The van der Waals surface area contributed by atoms with Gasteiger partial charge in [0, 0.05) is 19.5 Å². The molecule has 0 aliphatic carbocycles. The number of likely N-dealkylation sites (tertiary alicyclic amines) is 1. The van der Waals surface area contributed by atoms with E-state index >= 15 is 0 Å². The summed E-state index contributed by atoms with van der Waals surface area (Å²) in [6, 6.07) is 0. The molecule has 26 heavy (non-hydrogen) atoms. The van der Waals surface area contributed by atoms with E-state index in [1.165, 1.54) is 0 Å². The number of carbonyl (C=O) groups excluding carboxylic acids is 3. The number of imide groups is 1. The second-order valence-electron chi connectivity index (χ2n) is 7.07. The van der Waals surface area contributed by atoms with Crippen LogP contribution in [0.5, 0.6) is 0 Å². The lowest BCUT2D eigenvalue weighted by Crippen LogP contribution is -2.36. The molecule has 3 amide bonds. The van der Waals surface area contributed by atoms with Gasteiger partial charge in [-0.1, -0.05) is 20.3 Å². The Balaban J connectivity index is 2.19. The molecule has 2 unspecified atom stereocenters. The molecule has 1 heterocycles. The third kappa shape index (κ3) is 8.26. The number of ether oxygens (including phenoxy) is 1. The first kappa shape index (κ1) is 23.2. The molecule has 0 aromatic heterocycles. The normalized spacial score (nSPS) is 19.9. The zero-order chi connectivity index (χ0) is 19.7. The molecule has 0 saturated carbocycles. The van der Waals surface area contributed by atoms with Gasteiger partial charge in [0.1, 0.15) is 10.2 Å². The number of thiol groups is 1. The van der Waals surface area contributed by atoms with Gasteiger partial charge in [-0.2, -0.15) is 3.89 Å². The van der Waals surface area contributed by atoms with E-state index in [4.69, 9.17) is 4.74 Å². The largest absolute Gasteiger partial charge is 0.363 e. The van der Waals surface area contributed by atoms with Crippen LogP contribution < -0.4 is 5.32 Å². The Hall–Kier alpha value is -0.800. The zero-order valence-corrected chi connectivity index (χ0v) is 17.3. The van der Waals surface area contributed by atoms with Crippen molar-refractivity contribution in [1.82, 2.24) is 10.2 Å². The number of nitrogens with one attached hydrogen (secondary N) is 1. The minimum atomic E-state index is -0.970. The lowest BCUT2D eigenvalue weighted by Gasteiger charge is -2.24. The Labute approximate surface area is 164 Å². The molecule has 0 radical (unpaired) electrons. The quantitative estimate of drug-likeness (QED) is 0.225. The molecular weight excluding hydrogens is 379 g/mol. The van der Waals surface area contributed by atoms with Crippen molar-refractivity contribution in [2.45, 2.75) is 63.1 Å². The van der Waals surface area contributed by atoms with Crippen molar-refractivity contribution in [3.63, 3.8) is 0 Å². The van der Waals surface area contributed by atoms with Crippen LogP contribution in [0.1, 0.15) is 52.9 Å². The fraction of sp³-hybridized carbons (Fsp3) is 0.824. The summed E-state index contributed by atoms with van der Waals surface area (Å²) >= 11 is 4.37. The summed E-state index contributed by atoms with van der Waals surface area (Å²) in [5, 5.41) is 1.71. The Morgan fingerprint density at radius 1 is 1.50 bits per heavy atom. The first-order chi connectivity index (χ1) is 12.2. The number of nitrogens with zero attached hydrogens (tertiary/aromatic N) is 1. The third-order valence-corrected chi connectivity index (χ3v) is 5.07. The lowest BCUT2D eigenvalue weighted by atomic mass is 10.0. The molecule has 1 N–H and O–H groups in total. The minimum Gasteiger partial charge on any atom is -0.363 e. The first-order valence-electron chi connectivity index (χ1n) is 8.91. The van der Waals surface area contributed by atoms with Gasteiger partial charge in [0.2, 0.25) is 17.7 Å². The molecule has 1 rings (SSSR count). The van der Waals surface area contributed by atoms with Gasteiger partial charge in [-0.3, -0.25) is 19.3 Å². The van der Waals surface area contributed by atoms with E-state index < -0.39 is 22.0 Å². The molecular formula is C17H29FN2O4S2. The maximum Gasteiger partial charge on any atom is 0.245 e. The maximum atomic E-state index is 12.5. The van der Waals surface area contributed by atoms with Crippen molar-refractivity contribution in [1.29, 1.82) is 0 Å². The van der Waals surface area contributed by atoms with Crippen molar-refractivity contribution < 1.29 is 23.0 Å². The summed E-state index contributed by atoms with van der Waals surface area (Å²) in [5.41, 5.74) is 0. The molecule has 0 aromatic rings. The van der Waals surface area contributed by atoms with Crippen LogP contribution in [0.25, 0.3) is 0 Å². The van der Waals surface area contributed by atoms with Crippen molar-refractivity contribution >= 4 is 42.5 Å². The van der Waals surface area contributed by atoms with Gasteiger partial charge >= 0.3 is 0 Å². The van der Waals surface area contributed by atoms with E-state index in [-0.39, 0.29) is 37.4 Å². The van der Waals surface area contributed by atoms with Crippen LogP contribution in [-0.2, 0) is 19.1 Å². The van der Waals surface area contributed by atoms with Gasteiger partial charge in [-0.05, 0) is 25.7 Å². The molecule has 1 aliphatic rings. The van der Waals surface area contributed by atoms with Crippen LogP contribution in [0.4, 0.5) is 3.89 Å². The fourth-order valence-corrected chi connectivity index (χ4v) is 3.29. The maximum absolute atomic E-state index is 12.5. The molecule has 0 bridgehead atoms. The van der Waals surface area contributed by atoms with Crippen LogP contribution in [-0.4, -0.2) is 52.5 Å². The highest BCUT2D eigenvalue weighted by atomic mass is 32.2. The van der Waals surface area contributed by atoms with Crippen LogP contribution in [0, 0.1) is 5.92 Å². The third-order valence-electron chi connectivity index (χ3n) is 4.13. The Bertz CT molecular complexity index is 503. The number of hydrogen-bond acceptors (Lipinski definition) is 6. The molecule has 1 aliphatic heterocycles. The predicted molar refractivity (Wildman–Crippen MR) is 103 cm³/mol. The van der Waals surface area contributed by atoms with E-state index in [2.05, 4.69) is 31.8 Å². The standard InChI is InChI=1S/C17H29FN2O4S2/c1-12(2)5-4-7-17(3,25)24-10-8-19-14(21)6-9-20-15(22)11-13(26-18)16(20)23/h12-13,25H,4-11H2,1-3H3,(H,19,21). The van der Waals surface area contributed by atoms with E-state index in [0.717, 1.165) is 24.2 Å². The summed E-state index contributed by atoms with van der Waals surface area (Å²) in [4.78, 5) is 35.6. The van der Waals surface area contributed by atoms with E-state index in [9.17, 15) is 18.3 Å². The number of hydrogen-bond donors (Lipinski definition) is 2. The summed E-state index contributed by atoms with van der Waals surface area (Å²) in [5.74, 6) is -0.641. The van der Waals surface area contributed by atoms with Crippen molar-refractivity contribution in [2.75, 3.05) is 19.7 Å². The van der Waals surface area contributed by atoms with Gasteiger partial charge in [-0.15, -0.1) is 12.6 Å².